The van der Waals surface area contributed by atoms with E-state index >= 15 is 0 Å². The van der Waals surface area contributed by atoms with Crippen LogP contribution in [0.5, 0.6) is 0 Å². The Hall–Kier alpha value is -3.67. The minimum absolute atomic E-state index is 0.114. The molecule has 0 aliphatic carbocycles. The predicted octanol–water partition coefficient (Wildman–Crippen LogP) is 17.4. The molecule has 0 rings (SSSR count). The summed E-state index contributed by atoms with van der Waals surface area (Å²) in [7, 11) is 0. The number of hydrogen-bond acceptors (Lipinski definition) is 6. The molecular formula is C58H96O6. The maximum absolute atomic E-state index is 12.8. The van der Waals surface area contributed by atoms with Crippen molar-refractivity contribution < 1.29 is 28.6 Å². The van der Waals surface area contributed by atoms with Crippen LogP contribution in [0.15, 0.2) is 97.2 Å². The van der Waals surface area contributed by atoms with Gasteiger partial charge in [0.1, 0.15) is 13.2 Å². The minimum Gasteiger partial charge on any atom is -0.462 e. The fraction of sp³-hybridized carbons (Fsp3) is 0.672. The molecule has 0 aliphatic heterocycles. The van der Waals surface area contributed by atoms with Crippen molar-refractivity contribution in [2.75, 3.05) is 13.2 Å². The molecule has 0 fully saturated rings. The fourth-order valence-corrected chi connectivity index (χ4v) is 6.97. The molecule has 364 valence electrons. The van der Waals surface area contributed by atoms with E-state index in [0.717, 1.165) is 96.3 Å². The van der Waals surface area contributed by atoms with E-state index in [4.69, 9.17) is 14.2 Å². The van der Waals surface area contributed by atoms with Gasteiger partial charge < -0.3 is 14.2 Å². The third kappa shape index (κ3) is 49.3. The first-order valence-electron chi connectivity index (χ1n) is 26.3. The number of rotatable bonds is 46. The largest absolute Gasteiger partial charge is 0.462 e. The highest BCUT2D eigenvalue weighted by Gasteiger charge is 2.19. The second-order valence-corrected chi connectivity index (χ2v) is 17.2. The van der Waals surface area contributed by atoms with Gasteiger partial charge in [-0.1, -0.05) is 227 Å². The summed E-state index contributed by atoms with van der Waals surface area (Å²) in [5, 5.41) is 0. The maximum Gasteiger partial charge on any atom is 0.306 e. The van der Waals surface area contributed by atoms with Crippen LogP contribution in [0.25, 0.3) is 0 Å². The number of unbranched alkanes of at least 4 members (excludes halogenated alkanes) is 23. The summed E-state index contributed by atoms with van der Waals surface area (Å²) in [5.41, 5.74) is 0. The van der Waals surface area contributed by atoms with Crippen molar-refractivity contribution in [1.29, 1.82) is 0 Å². The van der Waals surface area contributed by atoms with Crippen molar-refractivity contribution in [2.24, 2.45) is 0 Å². The van der Waals surface area contributed by atoms with Crippen LogP contribution in [0.2, 0.25) is 0 Å². The number of esters is 3. The van der Waals surface area contributed by atoms with Crippen LogP contribution >= 0.6 is 0 Å². The zero-order chi connectivity index (χ0) is 46.5. The normalized spacial score (nSPS) is 12.9. The smallest absolute Gasteiger partial charge is 0.306 e. The monoisotopic (exact) mass is 889 g/mol. The number of allylic oxidation sites excluding steroid dienone is 16. The molecule has 0 aliphatic rings. The van der Waals surface area contributed by atoms with Gasteiger partial charge in [-0.25, -0.2) is 0 Å². The third-order valence-electron chi connectivity index (χ3n) is 10.9. The van der Waals surface area contributed by atoms with Crippen molar-refractivity contribution >= 4 is 17.9 Å². The Kier molecular flexibility index (Phi) is 49.0. The maximum atomic E-state index is 12.8. The van der Waals surface area contributed by atoms with Gasteiger partial charge in [-0.05, 0) is 83.5 Å². The molecule has 0 saturated heterocycles. The van der Waals surface area contributed by atoms with E-state index in [-0.39, 0.29) is 44.0 Å². The summed E-state index contributed by atoms with van der Waals surface area (Å²) in [6.45, 7) is 6.39. The van der Waals surface area contributed by atoms with E-state index in [1.54, 1.807) is 0 Å². The van der Waals surface area contributed by atoms with Crippen molar-refractivity contribution in [3.8, 4) is 0 Å². The lowest BCUT2D eigenvalue weighted by atomic mass is 10.1. The Morgan fingerprint density at radius 3 is 1.19 bits per heavy atom. The number of ether oxygens (including phenoxy) is 3. The minimum atomic E-state index is -0.819. The van der Waals surface area contributed by atoms with Gasteiger partial charge in [-0.3, -0.25) is 14.4 Å². The van der Waals surface area contributed by atoms with Gasteiger partial charge in [0, 0.05) is 19.3 Å². The second-order valence-electron chi connectivity index (χ2n) is 17.2. The molecule has 0 spiro atoms. The summed E-state index contributed by atoms with van der Waals surface area (Å²) in [4.78, 5) is 38.0. The van der Waals surface area contributed by atoms with Crippen LogP contribution in [0.1, 0.15) is 233 Å². The van der Waals surface area contributed by atoms with Gasteiger partial charge in [-0.15, -0.1) is 0 Å². The summed E-state index contributed by atoms with van der Waals surface area (Å²) in [6.07, 6.45) is 68.3. The molecule has 6 heteroatoms. The SMILES string of the molecule is CC/C=C/C=C/C=C/C=C/CCCCCCCC(=O)OC(COC(=O)CC/C=C/C/C=C/CCCCCCCC)COC(=O)CCCCCCC/C=C/C=C/CCCCCCCCC. The van der Waals surface area contributed by atoms with Crippen LogP contribution < -0.4 is 0 Å². The first kappa shape index (κ1) is 60.3. The molecule has 0 bridgehead atoms. The molecular weight excluding hydrogens is 793 g/mol. The van der Waals surface area contributed by atoms with Gasteiger partial charge in [-0.2, -0.15) is 0 Å². The van der Waals surface area contributed by atoms with Crippen molar-refractivity contribution in [3.05, 3.63) is 97.2 Å². The lowest BCUT2D eigenvalue weighted by molar-refractivity contribution is -0.166. The highest BCUT2D eigenvalue weighted by molar-refractivity contribution is 5.71. The number of hydrogen-bond donors (Lipinski definition) is 0. The second kappa shape index (κ2) is 52.0. The Balaban J connectivity index is 4.51. The van der Waals surface area contributed by atoms with E-state index in [1.807, 2.05) is 30.4 Å². The summed E-state index contributed by atoms with van der Waals surface area (Å²) in [6, 6.07) is 0. The first-order valence-corrected chi connectivity index (χ1v) is 26.3. The third-order valence-corrected chi connectivity index (χ3v) is 10.9. The molecule has 6 nitrogen and oxygen atoms in total. The van der Waals surface area contributed by atoms with Gasteiger partial charge in [0.15, 0.2) is 6.10 Å². The molecule has 0 aromatic rings. The predicted molar refractivity (Wildman–Crippen MR) is 274 cm³/mol. The zero-order valence-corrected chi connectivity index (χ0v) is 41.5. The van der Waals surface area contributed by atoms with Gasteiger partial charge >= 0.3 is 17.9 Å². The van der Waals surface area contributed by atoms with Crippen molar-refractivity contribution in [2.45, 2.75) is 239 Å². The van der Waals surface area contributed by atoms with Crippen LogP contribution in [-0.4, -0.2) is 37.2 Å². The Morgan fingerprint density at radius 2 is 0.703 bits per heavy atom. The van der Waals surface area contributed by atoms with Crippen molar-refractivity contribution in [1.82, 2.24) is 0 Å². The first-order chi connectivity index (χ1) is 31.5. The summed E-state index contributed by atoms with van der Waals surface area (Å²) in [5.74, 6) is -1.02. The summed E-state index contributed by atoms with van der Waals surface area (Å²) >= 11 is 0. The molecule has 1 atom stereocenters. The topological polar surface area (TPSA) is 78.9 Å². The number of carbonyl (C=O) groups is 3. The molecule has 0 aromatic heterocycles. The Labute approximate surface area is 394 Å². The molecule has 0 radical (unpaired) electrons. The molecule has 0 heterocycles. The molecule has 0 amide bonds. The average molecular weight is 889 g/mol. The van der Waals surface area contributed by atoms with Crippen LogP contribution in [0.4, 0.5) is 0 Å². The van der Waals surface area contributed by atoms with Crippen molar-refractivity contribution in [3.63, 3.8) is 0 Å². The average Bonchev–Trinajstić information content (AvgIpc) is 3.29. The quantitative estimate of drug-likeness (QED) is 0.0199. The Morgan fingerprint density at radius 1 is 0.344 bits per heavy atom. The molecule has 0 aromatic carbocycles. The lowest BCUT2D eigenvalue weighted by Crippen LogP contribution is -2.30. The highest BCUT2D eigenvalue weighted by Crippen LogP contribution is 2.13. The molecule has 0 N–H and O–H groups in total. The standard InChI is InChI=1S/C58H96O6/c1-4-7-10-13-16-19-22-25-27-28-29-31-33-36-39-42-45-48-51-57(60)63-54-55(53-62-56(59)50-47-44-41-38-35-32-24-21-18-15-12-9-6-3)64-58(61)52-49-46-43-40-37-34-30-26-23-20-17-14-11-8-5-2/h8,11,14,17,20,23,26-32,35,41,44,55H,4-7,9-10,12-13,15-16,18-19,21-22,24-25,33-34,36-40,42-43,45-54H2,1-3H3/b11-8+,17-14+,23-20+,28-27+,30-26+,31-29+,35-32+,44-41+. The number of carbonyl (C=O) groups excluding carboxylic acids is 3. The molecule has 64 heavy (non-hydrogen) atoms. The lowest BCUT2D eigenvalue weighted by Gasteiger charge is -2.18. The zero-order valence-electron chi connectivity index (χ0n) is 41.5. The summed E-state index contributed by atoms with van der Waals surface area (Å²) < 4.78 is 16.7. The van der Waals surface area contributed by atoms with Crippen LogP contribution in [0, 0.1) is 0 Å². The Bertz CT molecular complexity index is 1300. The molecule has 1 unspecified atom stereocenters. The van der Waals surface area contributed by atoms with E-state index in [2.05, 4.69) is 87.6 Å². The van der Waals surface area contributed by atoms with E-state index in [0.29, 0.717) is 12.8 Å². The van der Waals surface area contributed by atoms with Crippen LogP contribution in [0.3, 0.4) is 0 Å². The fourth-order valence-electron chi connectivity index (χ4n) is 6.97. The van der Waals surface area contributed by atoms with Gasteiger partial charge in [0.2, 0.25) is 0 Å². The van der Waals surface area contributed by atoms with Gasteiger partial charge in [0.05, 0.1) is 0 Å². The van der Waals surface area contributed by atoms with E-state index in [1.165, 1.54) is 89.9 Å². The highest BCUT2D eigenvalue weighted by atomic mass is 16.6. The van der Waals surface area contributed by atoms with E-state index < -0.39 is 6.10 Å². The van der Waals surface area contributed by atoms with E-state index in [9.17, 15) is 14.4 Å². The van der Waals surface area contributed by atoms with Gasteiger partial charge in [0.25, 0.3) is 0 Å². The molecule has 0 saturated carbocycles. The van der Waals surface area contributed by atoms with Crippen LogP contribution in [-0.2, 0) is 28.6 Å².